The fourth-order valence-corrected chi connectivity index (χ4v) is 3.03. The second kappa shape index (κ2) is 6.13. The number of carboxylic acid groups (broad SMARTS) is 1. The molecule has 0 amide bonds. The van der Waals surface area contributed by atoms with Crippen molar-refractivity contribution in [2.75, 3.05) is 7.11 Å². The third kappa shape index (κ3) is 2.78. The van der Waals surface area contributed by atoms with Crippen LogP contribution in [0.4, 0.5) is 0 Å². The van der Waals surface area contributed by atoms with Gasteiger partial charge in [0, 0.05) is 5.92 Å². The number of aromatic carboxylic acids is 1. The van der Waals surface area contributed by atoms with Gasteiger partial charge in [-0.15, -0.1) is 0 Å². The highest BCUT2D eigenvalue weighted by Crippen LogP contribution is 2.33. The van der Waals surface area contributed by atoms with E-state index in [0.717, 1.165) is 27.6 Å². The number of rotatable bonds is 4. The van der Waals surface area contributed by atoms with Gasteiger partial charge in [-0.2, -0.15) is 0 Å². The predicted octanol–water partition coefficient (Wildman–Crippen LogP) is 4.70. The van der Waals surface area contributed by atoms with Gasteiger partial charge in [-0.1, -0.05) is 49.4 Å². The summed E-state index contributed by atoms with van der Waals surface area (Å²) in [6, 6.07) is 19.2. The van der Waals surface area contributed by atoms with Gasteiger partial charge in [-0.05, 0) is 40.1 Å². The molecule has 1 atom stereocenters. The Labute approximate surface area is 135 Å². The van der Waals surface area contributed by atoms with Crippen LogP contribution in [-0.2, 0) is 0 Å². The van der Waals surface area contributed by atoms with Gasteiger partial charge < -0.3 is 9.84 Å². The second-order valence-corrected chi connectivity index (χ2v) is 5.55. The topological polar surface area (TPSA) is 46.5 Å². The summed E-state index contributed by atoms with van der Waals surface area (Å²) < 4.78 is 5.28. The molecule has 0 aromatic heterocycles. The summed E-state index contributed by atoms with van der Waals surface area (Å²) >= 11 is 0. The maximum atomic E-state index is 11.5. The van der Waals surface area contributed by atoms with E-state index >= 15 is 0 Å². The fourth-order valence-electron chi connectivity index (χ4n) is 3.03. The Balaban J connectivity index is 2.15. The molecule has 23 heavy (non-hydrogen) atoms. The molecule has 0 saturated heterocycles. The molecule has 0 aliphatic carbocycles. The van der Waals surface area contributed by atoms with Crippen LogP contribution >= 0.6 is 0 Å². The van der Waals surface area contributed by atoms with Crippen LogP contribution < -0.4 is 4.74 Å². The first-order chi connectivity index (χ1) is 11.1. The molecule has 3 heteroatoms. The quantitative estimate of drug-likeness (QED) is 0.760. The van der Waals surface area contributed by atoms with E-state index in [1.807, 2.05) is 49.4 Å². The molecular weight excluding hydrogens is 288 g/mol. The molecule has 116 valence electrons. The Hall–Kier alpha value is -2.81. The number of hydrogen-bond acceptors (Lipinski definition) is 2. The zero-order valence-corrected chi connectivity index (χ0v) is 13.1. The van der Waals surface area contributed by atoms with Crippen molar-refractivity contribution in [3.63, 3.8) is 0 Å². The lowest BCUT2D eigenvalue weighted by Gasteiger charge is -2.17. The normalized spacial score (nSPS) is 12.1. The van der Waals surface area contributed by atoms with E-state index in [1.165, 1.54) is 0 Å². The summed E-state index contributed by atoms with van der Waals surface area (Å²) in [7, 11) is 1.65. The second-order valence-electron chi connectivity index (χ2n) is 5.55. The van der Waals surface area contributed by atoms with Gasteiger partial charge in [-0.25, -0.2) is 4.79 Å². The number of carboxylic acids is 1. The molecule has 0 fully saturated rings. The van der Waals surface area contributed by atoms with Gasteiger partial charge >= 0.3 is 5.97 Å². The average molecular weight is 306 g/mol. The molecule has 0 spiro atoms. The standard InChI is InChI=1S/C20H18O3/c1-13(17-7-3-4-8-19(17)20(21)22)16-9-5-6-14-12-15(23-2)10-11-18(14)16/h3-13H,1-2H3,(H,21,22). The van der Waals surface area contributed by atoms with E-state index in [2.05, 4.69) is 6.07 Å². The van der Waals surface area contributed by atoms with Crippen LogP contribution in [0.25, 0.3) is 10.8 Å². The molecule has 1 unspecified atom stereocenters. The van der Waals surface area contributed by atoms with Crippen LogP contribution in [-0.4, -0.2) is 18.2 Å². The number of ether oxygens (including phenoxy) is 1. The molecule has 0 bridgehead atoms. The van der Waals surface area contributed by atoms with Crippen LogP contribution in [0.1, 0.15) is 34.3 Å². The van der Waals surface area contributed by atoms with Crippen molar-refractivity contribution in [2.24, 2.45) is 0 Å². The lowest BCUT2D eigenvalue weighted by Crippen LogP contribution is -2.06. The average Bonchev–Trinajstić information content (AvgIpc) is 2.60. The summed E-state index contributed by atoms with van der Waals surface area (Å²) in [5, 5.41) is 11.6. The van der Waals surface area contributed by atoms with Gasteiger partial charge in [0.1, 0.15) is 5.75 Å². The largest absolute Gasteiger partial charge is 0.497 e. The lowest BCUT2D eigenvalue weighted by atomic mass is 9.87. The van der Waals surface area contributed by atoms with Gasteiger partial charge in [-0.3, -0.25) is 0 Å². The summed E-state index contributed by atoms with van der Waals surface area (Å²) in [5.74, 6) is -0.0954. The van der Waals surface area contributed by atoms with Crippen molar-refractivity contribution in [1.29, 1.82) is 0 Å². The van der Waals surface area contributed by atoms with E-state index in [9.17, 15) is 9.90 Å². The van der Waals surface area contributed by atoms with Crippen molar-refractivity contribution in [2.45, 2.75) is 12.8 Å². The Kier molecular flexibility index (Phi) is 4.02. The third-order valence-electron chi connectivity index (χ3n) is 4.25. The van der Waals surface area contributed by atoms with Crippen LogP contribution in [0.15, 0.2) is 60.7 Å². The third-order valence-corrected chi connectivity index (χ3v) is 4.25. The highest BCUT2D eigenvalue weighted by molar-refractivity contribution is 5.91. The van der Waals surface area contributed by atoms with E-state index < -0.39 is 5.97 Å². The number of carbonyl (C=O) groups is 1. The minimum Gasteiger partial charge on any atom is -0.497 e. The molecule has 3 nitrogen and oxygen atoms in total. The van der Waals surface area contributed by atoms with Gasteiger partial charge in [0.15, 0.2) is 0 Å². The van der Waals surface area contributed by atoms with E-state index in [0.29, 0.717) is 5.56 Å². The highest BCUT2D eigenvalue weighted by atomic mass is 16.5. The van der Waals surface area contributed by atoms with Crippen LogP contribution in [0.2, 0.25) is 0 Å². The summed E-state index contributed by atoms with van der Waals surface area (Å²) in [5.41, 5.74) is 2.28. The Morgan fingerprint density at radius 1 is 1.00 bits per heavy atom. The number of benzene rings is 3. The summed E-state index contributed by atoms with van der Waals surface area (Å²) in [4.78, 5) is 11.5. The Bertz CT molecular complexity index is 868. The van der Waals surface area contributed by atoms with Gasteiger partial charge in [0.05, 0.1) is 12.7 Å². The van der Waals surface area contributed by atoms with Crippen molar-refractivity contribution >= 4 is 16.7 Å². The van der Waals surface area contributed by atoms with E-state index in [-0.39, 0.29) is 5.92 Å². The molecule has 3 aromatic rings. The molecule has 3 aromatic carbocycles. The van der Waals surface area contributed by atoms with Crippen molar-refractivity contribution < 1.29 is 14.6 Å². The molecule has 0 heterocycles. The first kappa shape index (κ1) is 15.1. The molecule has 0 saturated carbocycles. The van der Waals surface area contributed by atoms with E-state index in [4.69, 9.17) is 4.74 Å². The monoisotopic (exact) mass is 306 g/mol. The van der Waals surface area contributed by atoms with Crippen LogP contribution in [0.5, 0.6) is 5.75 Å². The summed E-state index contributed by atoms with van der Waals surface area (Å²) in [6.45, 7) is 2.04. The fraction of sp³-hybridized carbons (Fsp3) is 0.150. The van der Waals surface area contributed by atoms with Gasteiger partial charge in [0.25, 0.3) is 0 Å². The molecule has 0 aliphatic rings. The molecular formula is C20H18O3. The molecule has 3 rings (SSSR count). The first-order valence-electron chi connectivity index (χ1n) is 7.50. The number of fused-ring (bicyclic) bond motifs is 1. The van der Waals surface area contributed by atoms with Crippen LogP contribution in [0, 0.1) is 0 Å². The van der Waals surface area contributed by atoms with Crippen molar-refractivity contribution in [3.8, 4) is 5.75 Å². The lowest BCUT2D eigenvalue weighted by molar-refractivity contribution is 0.0695. The van der Waals surface area contributed by atoms with Crippen molar-refractivity contribution in [3.05, 3.63) is 77.4 Å². The SMILES string of the molecule is COc1ccc2c(C(C)c3ccccc3C(=O)O)cccc2c1. The minimum atomic E-state index is -0.894. The Morgan fingerprint density at radius 3 is 2.48 bits per heavy atom. The highest BCUT2D eigenvalue weighted by Gasteiger charge is 2.18. The van der Waals surface area contributed by atoms with Crippen molar-refractivity contribution in [1.82, 2.24) is 0 Å². The van der Waals surface area contributed by atoms with E-state index in [1.54, 1.807) is 19.2 Å². The Morgan fingerprint density at radius 2 is 1.74 bits per heavy atom. The van der Waals surface area contributed by atoms with Crippen LogP contribution in [0.3, 0.4) is 0 Å². The molecule has 0 aliphatic heterocycles. The molecule has 0 radical (unpaired) electrons. The maximum Gasteiger partial charge on any atom is 0.335 e. The maximum absolute atomic E-state index is 11.5. The zero-order chi connectivity index (χ0) is 16.4. The number of methoxy groups -OCH3 is 1. The first-order valence-corrected chi connectivity index (χ1v) is 7.50. The predicted molar refractivity (Wildman–Crippen MR) is 91.4 cm³/mol. The minimum absolute atomic E-state index is 0.0144. The molecule has 1 N–H and O–H groups in total. The number of hydrogen-bond donors (Lipinski definition) is 1. The zero-order valence-electron chi connectivity index (χ0n) is 13.1. The van der Waals surface area contributed by atoms with Gasteiger partial charge in [0.2, 0.25) is 0 Å². The smallest absolute Gasteiger partial charge is 0.335 e. The summed E-state index contributed by atoms with van der Waals surface area (Å²) in [6.07, 6.45) is 0.